The van der Waals surface area contributed by atoms with Gasteiger partial charge >= 0.3 is 0 Å². The van der Waals surface area contributed by atoms with E-state index in [2.05, 4.69) is 33.9 Å². The Balaban J connectivity index is 2.25. The van der Waals surface area contributed by atoms with Gasteiger partial charge in [-0.1, -0.05) is 0 Å². The third-order valence-electron chi connectivity index (χ3n) is 2.56. The predicted octanol–water partition coefficient (Wildman–Crippen LogP) is 1.18. The highest BCUT2D eigenvalue weighted by atomic mass is 32.2. The van der Waals surface area contributed by atoms with Crippen molar-refractivity contribution in [3.05, 3.63) is 12.4 Å². The van der Waals surface area contributed by atoms with Crippen LogP contribution >= 0.6 is 11.8 Å². The summed E-state index contributed by atoms with van der Waals surface area (Å²) in [5.74, 6) is 0.854. The maximum absolute atomic E-state index is 5.74. The molecule has 0 amide bonds. The van der Waals surface area contributed by atoms with Crippen molar-refractivity contribution in [1.29, 1.82) is 0 Å². The van der Waals surface area contributed by atoms with Crippen molar-refractivity contribution in [2.75, 3.05) is 23.7 Å². The number of hydrogen-bond donors (Lipinski definition) is 1. The van der Waals surface area contributed by atoms with Crippen molar-refractivity contribution in [1.82, 2.24) is 24.7 Å². The molecule has 2 rings (SSSR count). The molecule has 0 unspecified atom stereocenters. The fourth-order valence-corrected chi connectivity index (χ4v) is 2.39. The second kappa shape index (κ2) is 5.87. The molecule has 102 valence electrons. The first kappa shape index (κ1) is 13.6. The van der Waals surface area contributed by atoms with Crippen molar-refractivity contribution >= 4 is 23.7 Å². The lowest BCUT2D eigenvalue weighted by molar-refractivity contribution is 0.766. The van der Waals surface area contributed by atoms with Gasteiger partial charge in [-0.3, -0.25) is 4.68 Å². The summed E-state index contributed by atoms with van der Waals surface area (Å²) in [7, 11) is 1.87. The molecule has 0 saturated heterocycles. The minimum Gasteiger partial charge on any atom is -0.368 e. The summed E-state index contributed by atoms with van der Waals surface area (Å²) < 4.78 is 1.73. The number of aromatic nitrogens is 5. The first-order chi connectivity index (χ1) is 9.12. The van der Waals surface area contributed by atoms with Crippen LogP contribution in [0.2, 0.25) is 0 Å². The molecule has 7 nitrogen and oxygen atoms in total. The molecule has 0 aromatic carbocycles. The monoisotopic (exact) mass is 279 g/mol. The molecule has 0 aliphatic carbocycles. The smallest absolute Gasteiger partial charge is 0.231 e. The molecule has 0 aliphatic rings. The quantitative estimate of drug-likeness (QED) is 0.879. The summed E-state index contributed by atoms with van der Waals surface area (Å²) in [4.78, 5) is 15.7. The van der Waals surface area contributed by atoms with Crippen LogP contribution in [-0.4, -0.2) is 37.8 Å². The highest BCUT2D eigenvalue weighted by Gasteiger charge is 2.11. The van der Waals surface area contributed by atoms with Gasteiger partial charge in [0, 0.05) is 26.3 Å². The van der Waals surface area contributed by atoms with E-state index in [-0.39, 0.29) is 5.95 Å². The zero-order valence-corrected chi connectivity index (χ0v) is 12.1. The van der Waals surface area contributed by atoms with Gasteiger partial charge < -0.3 is 10.6 Å². The molecule has 19 heavy (non-hydrogen) atoms. The third-order valence-corrected chi connectivity index (χ3v) is 3.37. The van der Waals surface area contributed by atoms with Crippen LogP contribution in [0.4, 0.5) is 11.9 Å². The van der Waals surface area contributed by atoms with Gasteiger partial charge in [-0.15, -0.1) is 0 Å². The second-order valence-electron chi connectivity index (χ2n) is 3.90. The fourth-order valence-electron chi connectivity index (χ4n) is 1.61. The molecule has 0 spiro atoms. The SMILES string of the molecule is CCN(CC)c1nc(N)nc(Sc2cnn(C)c2)n1. The van der Waals surface area contributed by atoms with E-state index in [9.17, 15) is 0 Å². The Hall–Kier alpha value is -1.83. The topological polar surface area (TPSA) is 85.8 Å². The molecular formula is C11H17N7S. The van der Waals surface area contributed by atoms with Gasteiger partial charge in [0.05, 0.1) is 11.1 Å². The largest absolute Gasteiger partial charge is 0.368 e. The first-order valence-corrected chi connectivity index (χ1v) is 6.87. The summed E-state index contributed by atoms with van der Waals surface area (Å²) in [5.41, 5.74) is 5.74. The average Bonchev–Trinajstić information content (AvgIpc) is 2.75. The predicted molar refractivity (Wildman–Crippen MR) is 75.1 cm³/mol. The molecule has 0 saturated carbocycles. The van der Waals surface area contributed by atoms with Gasteiger partial charge in [-0.2, -0.15) is 20.1 Å². The first-order valence-electron chi connectivity index (χ1n) is 6.05. The van der Waals surface area contributed by atoms with Gasteiger partial charge in [0.15, 0.2) is 5.16 Å². The zero-order chi connectivity index (χ0) is 13.8. The molecule has 2 aromatic rings. The Bertz CT molecular complexity index is 550. The van der Waals surface area contributed by atoms with Crippen LogP contribution < -0.4 is 10.6 Å². The number of aryl methyl sites for hydroxylation is 1. The van der Waals surface area contributed by atoms with E-state index in [1.165, 1.54) is 11.8 Å². The van der Waals surface area contributed by atoms with Crippen LogP contribution in [0.3, 0.4) is 0 Å². The van der Waals surface area contributed by atoms with Gasteiger partial charge in [0.1, 0.15) is 0 Å². The summed E-state index contributed by atoms with van der Waals surface area (Å²) in [5, 5.41) is 4.69. The van der Waals surface area contributed by atoms with E-state index in [0.717, 1.165) is 18.0 Å². The Labute approximate surface area is 116 Å². The van der Waals surface area contributed by atoms with Crippen LogP contribution in [0, 0.1) is 0 Å². The second-order valence-corrected chi connectivity index (χ2v) is 4.94. The molecule has 8 heteroatoms. The molecule has 2 heterocycles. The molecule has 0 atom stereocenters. The lowest BCUT2D eigenvalue weighted by Crippen LogP contribution is -2.25. The molecule has 2 aromatic heterocycles. The molecule has 0 bridgehead atoms. The Kier molecular flexibility index (Phi) is 4.20. The van der Waals surface area contributed by atoms with E-state index in [0.29, 0.717) is 11.1 Å². The molecule has 0 fully saturated rings. The van der Waals surface area contributed by atoms with Crippen molar-refractivity contribution < 1.29 is 0 Å². The van der Waals surface area contributed by atoms with Gasteiger partial charge in [0.2, 0.25) is 11.9 Å². The Morgan fingerprint density at radius 2 is 2.00 bits per heavy atom. The lowest BCUT2D eigenvalue weighted by atomic mass is 10.5. The third kappa shape index (κ3) is 3.34. The fraction of sp³-hybridized carbons (Fsp3) is 0.455. The summed E-state index contributed by atoms with van der Waals surface area (Å²) >= 11 is 1.42. The molecular weight excluding hydrogens is 262 g/mol. The van der Waals surface area contributed by atoms with Gasteiger partial charge in [-0.05, 0) is 25.6 Å². The normalized spacial score (nSPS) is 10.7. The minimum atomic E-state index is 0.239. The number of anilines is 2. The molecule has 0 radical (unpaired) electrons. The van der Waals surface area contributed by atoms with Crippen LogP contribution in [-0.2, 0) is 7.05 Å². The Morgan fingerprint density at radius 1 is 1.26 bits per heavy atom. The number of hydrogen-bond acceptors (Lipinski definition) is 7. The van der Waals surface area contributed by atoms with Crippen LogP contribution in [0.25, 0.3) is 0 Å². The van der Waals surface area contributed by atoms with E-state index in [4.69, 9.17) is 5.73 Å². The van der Waals surface area contributed by atoms with Crippen molar-refractivity contribution in [2.24, 2.45) is 7.05 Å². The molecule has 2 N–H and O–H groups in total. The number of nitrogens with two attached hydrogens (primary N) is 1. The van der Waals surface area contributed by atoms with Crippen molar-refractivity contribution in [3.63, 3.8) is 0 Å². The van der Waals surface area contributed by atoms with E-state index in [1.807, 2.05) is 18.1 Å². The zero-order valence-electron chi connectivity index (χ0n) is 11.2. The van der Waals surface area contributed by atoms with Gasteiger partial charge in [0.25, 0.3) is 0 Å². The van der Waals surface area contributed by atoms with Crippen molar-refractivity contribution in [3.8, 4) is 0 Å². The van der Waals surface area contributed by atoms with E-state index >= 15 is 0 Å². The van der Waals surface area contributed by atoms with Crippen LogP contribution in [0.15, 0.2) is 22.4 Å². The molecule has 0 aliphatic heterocycles. The summed E-state index contributed by atoms with van der Waals surface area (Å²) in [6, 6.07) is 0. The van der Waals surface area contributed by atoms with Crippen LogP contribution in [0.1, 0.15) is 13.8 Å². The number of rotatable bonds is 5. The van der Waals surface area contributed by atoms with Crippen molar-refractivity contribution in [2.45, 2.75) is 23.9 Å². The maximum Gasteiger partial charge on any atom is 0.231 e. The summed E-state index contributed by atoms with van der Waals surface area (Å²) in [6.07, 6.45) is 3.67. The van der Waals surface area contributed by atoms with Crippen LogP contribution in [0.5, 0.6) is 0 Å². The number of nitrogens with zero attached hydrogens (tertiary/aromatic N) is 6. The average molecular weight is 279 g/mol. The highest BCUT2D eigenvalue weighted by molar-refractivity contribution is 7.99. The number of nitrogen functional groups attached to an aromatic ring is 1. The standard InChI is InChI=1S/C11H17N7S/c1-4-18(5-2)10-14-9(12)15-11(16-10)19-8-6-13-17(3)7-8/h6-7H,4-5H2,1-3H3,(H2,12,14,15,16). The van der Waals surface area contributed by atoms with Gasteiger partial charge in [-0.25, -0.2) is 0 Å². The van der Waals surface area contributed by atoms with E-state index in [1.54, 1.807) is 10.9 Å². The Morgan fingerprint density at radius 3 is 2.58 bits per heavy atom. The summed E-state index contributed by atoms with van der Waals surface area (Å²) in [6.45, 7) is 5.77. The minimum absolute atomic E-state index is 0.239. The lowest BCUT2D eigenvalue weighted by Gasteiger charge is -2.18. The highest BCUT2D eigenvalue weighted by Crippen LogP contribution is 2.25. The van der Waals surface area contributed by atoms with E-state index < -0.39 is 0 Å². The maximum atomic E-state index is 5.74.